The third kappa shape index (κ3) is 7.40. The molecule has 15 heterocycles. The van der Waals surface area contributed by atoms with Gasteiger partial charge in [0, 0.05) is 91.5 Å². The SMILES string of the molecule is O=c1c2ccc3c(=O)n4c5cc(Br)ccc5nc4c4sc(c2c34)c2nc3cc(Br)ccc3n12.O=c1c2ccc3c(=O)n4c5cc(Br)ccc5nc4c4sc(c2c34)c2nc3ccc(Br)cc3n12.O=c1c2ccc3c(=O)n4c5ccc(Br)cc5nc4c4sc(c2c34)c2nc3cc(Br)ccc3n12. The second kappa shape index (κ2) is 19.7. The van der Waals surface area contributed by atoms with Gasteiger partial charge in [-0.15, -0.1) is 34.0 Å². The molecule has 9 aromatic carbocycles. The molecular weight excluding hydrogens is 1700 g/mol. The smallest absolute Gasteiger partial charge is 0.264 e. The predicted octanol–water partition coefficient (Wildman–Crippen LogP) is 17.8. The maximum atomic E-state index is 13.6. The molecule has 0 amide bonds. The summed E-state index contributed by atoms with van der Waals surface area (Å²) in [6.07, 6.45) is 0. The molecule has 0 saturated carbocycles. The van der Waals surface area contributed by atoms with Crippen molar-refractivity contribution in [3.63, 3.8) is 0 Å². The molecule has 24 aromatic rings. The lowest BCUT2D eigenvalue weighted by atomic mass is 10.0. The molecule has 0 spiro atoms. The lowest BCUT2D eigenvalue weighted by Gasteiger charge is -2.04. The average molecular weight is 1730 g/mol. The van der Waals surface area contributed by atoms with Gasteiger partial charge in [-0.2, -0.15) is 0 Å². The Morgan fingerprint density at radius 1 is 0.222 bits per heavy atom. The van der Waals surface area contributed by atoms with Crippen molar-refractivity contribution in [1.29, 1.82) is 0 Å². The van der Waals surface area contributed by atoms with Crippen molar-refractivity contribution in [2.24, 2.45) is 0 Å². The largest absolute Gasteiger partial charge is 0.268 e. The second-order valence-corrected chi connectivity index (χ2v) is 32.8. The molecule has 0 unspecified atom stereocenters. The summed E-state index contributed by atoms with van der Waals surface area (Å²) in [5.41, 5.74) is 11.9. The zero-order valence-corrected chi connectivity index (χ0v) is 61.1. The van der Waals surface area contributed by atoms with Crippen LogP contribution in [0.1, 0.15) is 0 Å². The highest BCUT2D eigenvalue weighted by molar-refractivity contribution is 9.11. The first-order valence-electron chi connectivity index (χ1n) is 30.2. The van der Waals surface area contributed by atoms with Crippen LogP contribution in [0, 0.1) is 0 Å². The van der Waals surface area contributed by atoms with E-state index < -0.39 is 0 Å². The molecule has 0 N–H and O–H groups in total. The molecule has 0 saturated heterocycles. The summed E-state index contributed by atoms with van der Waals surface area (Å²) in [6, 6.07) is 45.0. The standard InChI is InChI=1S/3C24H8Br2N4O2S/c25-9-2-6-15-14(7-9)28-22-20-17-11(23(31)29(15)22)3-4-12-18(17)19(33-20)21-27-13-5-1-10(26)8-16(13)30(21)24(12)32;25-9-1-5-15-13(7-9)27-21-19-17-11(23(31)29(15)21)3-4-12-18(17)20(33-19)22-28-14-8-10(26)2-6-16(14)30(22)24(12)32;25-9-1-5-13-15(7-9)29-21(27-13)19-17-11(23(29)31)3-4-12-18(17)20(33-19)22-28-14-6-2-10(26)8-16(14)30(22)24(12)32/h3*1-8H. The van der Waals surface area contributed by atoms with E-state index in [1.807, 2.05) is 109 Å². The van der Waals surface area contributed by atoms with E-state index in [1.54, 1.807) is 62.8 Å². The van der Waals surface area contributed by atoms with E-state index in [0.717, 1.165) is 154 Å². The normalized spacial score (nSPS) is 12.8. The Balaban J connectivity index is 0.0000000949. The molecular formula is C72H24Br6N12O6S3. The molecule has 24 rings (SSSR count). The van der Waals surface area contributed by atoms with E-state index in [-0.39, 0.29) is 33.4 Å². The molecule has 27 heteroatoms. The van der Waals surface area contributed by atoms with Crippen molar-refractivity contribution in [1.82, 2.24) is 56.3 Å². The van der Waals surface area contributed by atoms with Gasteiger partial charge < -0.3 is 0 Å². The highest BCUT2D eigenvalue weighted by Gasteiger charge is 2.30. The van der Waals surface area contributed by atoms with Gasteiger partial charge in [0.1, 0.15) is 0 Å². The Bertz CT molecular complexity index is 7540. The Labute approximate surface area is 607 Å². The molecule has 0 aliphatic rings. The van der Waals surface area contributed by atoms with Gasteiger partial charge >= 0.3 is 0 Å². The maximum absolute atomic E-state index is 13.6. The van der Waals surface area contributed by atoms with Crippen LogP contribution in [0.15, 0.2) is 201 Å². The minimum Gasteiger partial charge on any atom is -0.268 e. The Kier molecular flexibility index (Phi) is 11.5. The van der Waals surface area contributed by atoms with Gasteiger partial charge in [0.25, 0.3) is 33.4 Å². The highest BCUT2D eigenvalue weighted by atomic mass is 79.9. The van der Waals surface area contributed by atoms with E-state index in [2.05, 4.69) is 95.6 Å². The summed E-state index contributed by atoms with van der Waals surface area (Å²) >= 11 is 25.6. The zero-order valence-electron chi connectivity index (χ0n) is 49.2. The lowest BCUT2D eigenvalue weighted by Crippen LogP contribution is -2.15. The minimum atomic E-state index is -0.135. The number of fused-ring (bicyclic) bond motifs is 24. The number of pyridine rings is 6. The van der Waals surface area contributed by atoms with E-state index >= 15 is 0 Å². The van der Waals surface area contributed by atoms with Gasteiger partial charge in [0.05, 0.1) is 94.4 Å². The predicted molar refractivity (Wildman–Crippen MR) is 419 cm³/mol. The van der Waals surface area contributed by atoms with Crippen LogP contribution in [0.3, 0.4) is 0 Å². The zero-order chi connectivity index (χ0) is 66.5. The molecule has 0 bridgehead atoms. The molecule has 18 nitrogen and oxygen atoms in total. The molecule has 0 atom stereocenters. The fourth-order valence-electron chi connectivity index (χ4n) is 15.0. The third-order valence-electron chi connectivity index (χ3n) is 19.1. The fourth-order valence-corrected chi connectivity index (χ4v) is 21.0. The first-order chi connectivity index (χ1) is 48.0. The molecule has 0 aliphatic carbocycles. The third-order valence-corrected chi connectivity index (χ3v) is 25.6. The Hall–Kier alpha value is -9.42. The van der Waals surface area contributed by atoms with E-state index in [4.69, 9.17) is 29.9 Å². The van der Waals surface area contributed by atoms with Crippen LogP contribution in [0.2, 0.25) is 0 Å². The number of halogens is 6. The fraction of sp³-hybridized carbons (Fsp3) is 0. The van der Waals surface area contributed by atoms with Crippen LogP contribution in [0.25, 0.3) is 193 Å². The van der Waals surface area contributed by atoms with Gasteiger partial charge in [-0.1, -0.05) is 95.6 Å². The Morgan fingerprint density at radius 2 is 0.414 bits per heavy atom. The van der Waals surface area contributed by atoms with E-state index in [1.165, 1.54) is 34.0 Å². The van der Waals surface area contributed by atoms with Crippen LogP contribution in [-0.4, -0.2) is 56.3 Å². The minimum absolute atomic E-state index is 0.131. The van der Waals surface area contributed by atoms with Crippen molar-refractivity contribution in [2.75, 3.05) is 0 Å². The number of rotatable bonds is 0. The number of hydrogen-bond acceptors (Lipinski definition) is 15. The van der Waals surface area contributed by atoms with Crippen molar-refractivity contribution in [2.45, 2.75) is 0 Å². The number of thiophene rings is 3. The number of benzene rings is 9. The summed E-state index contributed by atoms with van der Waals surface area (Å²) in [6.45, 7) is 0. The molecule has 0 fully saturated rings. The topological polar surface area (TPSA) is 206 Å². The van der Waals surface area contributed by atoms with Crippen molar-refractivity contribution in [3.05, 3.63) is 235 Å². The van der Waals surface area contributed by atoms with Gasteiger partial charge in [-0.3, -0.25) is 55.2 Å². The summed E-state index contributed by atoms with van der Waals surface area (Å²) in [7, 11) is 0. The number of imidazole rings is 6. The first kappa shape index (κ1) is 57.5. The highest BCUT2D eigenvalue weighted by Crippen LogP contribution is 2.47. The number of nitrogens with zero attached hydrogens (tertiary/aromatic N) is 12. The lowest BCUT2D eigenvalue weighted by molar-refractivity contribution is 1.19. The van der Waals surface area contributed by atoms with E-state index in [0.29, 0.717) is 66.2 Å². The summed E-state index contributed by atoms with van der Waals surface area (Å²) < 4.78 is 20.7. The monoisotopic (exact) mass is 1720 g/mol. The quantitative estimate of drug-likeness (QED) is 0.130. The van der Waals surface area contributed by atoms with Crippen LogP contribution in [0.4, 0.5) is 0 Å². The van der Waals surface area contributed by atoms with Crippen LogP contribution in [0.5, 0.6) is 0 Å². The number of aromatic nitrogens is 12. The Morgan fingerprint density at radius 3 is 0.646 bits per heavy atom. The van der Waals surface area contributed by atoms with Crippen molar-refractivity contribution >= 4 is 323 Å². The van der Waals surface area contributed by atoms with Crippen molar-refractivity contribution < 1.29 is 0 Å². The van der Waals surface area contributed by atoms with Gasteiger partial charge in [-0.25, -0.2) is 29.9 Å². The second-order valence-electron chi connectivity index (χ2n) is 24.3. The average Bonchev–Trinajstić information content (AvgIpc) is 1.54. The van der Waals surface area contributed by atoms with Crippen LogP contribution < -0.4 is 33.4 Å². The molecule has 0 aliphatic heterocycles. The van der Waals surface area contributed by atoms with Gasteiger partial charge in [0.2, 0.25) is 0 Å². The molecule has 0 radical (unpaired) electrons. The molecule has 15 aromatic heterocycles. The van der Waals surface area contributed by atoms with Gasteiger partial charge in [-0.05, 0) is 146 Å². The summed E-state index contributed by atoms with van der Waals surface area (Å²) in [5, 5.41) is 8.29. The maximum Gasteiger partial charge on any atom is 0.264 e. The van der Waals surface area contributed by atoms with Gasteiger partial charge in [0.15, 0.2) is 33.9 Å². The first-order valence-corrected chi connectivity index (χ1v) is 37.4. The van der Waals surface area contributed by atoms with Crippen molar-refractivity contribution in [3.8, 4) is 0 Å². The van der Waals surface area contributed by atoms with E-state index in [9.17, 15) is 28.8 Å². The molecule has 99 heavy (non-hydrogen) atoms. The number of hydrogen-bond donors (Lipinski definition) is 0. The van der Waals surface area contributed by atoms with Crippen LogP contribution >= 0.6 is 130 Å². The summed E-state index contributed by atoms with van der Waals surface area (Å²) in [4.78, 5) is 111. The van der Waals surface area contributed by atoms with Crippen LogP contribution in [-0.2, 0) is 0 Å². The summed E-state index contributed by atoms with van der Waals surface area (Å²) in [5.74, 6) is 0. The molecule has 468 valence electrons.